The number of anilines is 2. The molecule has 0 fully saturated rings. The van der Waals surface area contributed by atoms with Crippen LogP contribution in [-0.4, -0.2) is 38.4 Å². The summed E-state index contributed by atoms with van der Waals surface area (Å²) in [4.78, 5) is 25.3. The number of hydrogen-bond donors (Lipinski definition) is 2. The molecular weight excluding hydrogens is 416 g/mol. The van der Waals surface area contributed by atoms with E-state index >= 15 is 0 Å². The van der Waals surface area contributed by atoms with Gasteiger partial charge in [-0.15, -0.1) is 11.8 Å². The van der Waals surface area contributed by atoms with Crippen LogP contribution in [-0.2, 0) is 9.53 Å². The van der Waals surface area contributed by atoms with Crippen LogP contribution in [0.25, 0.3) is 0 Å². The van der Waals surface area contributed by atoms with Crippen LogP contribution in [0.1, 0.15) is 10.4 Å². The Hall–Kier alpha value is -2.84. The highest BCUT2D eigenvalue weighted by Crippen LogP contribution is 2.37. The van der Waals surface area contributed by atoms with Gasteiger partial charge < -0.3 is 24.8 Å². The van der Waals surface area contributed by atoms with Crippen LogP contribution in [0.3, 0.4) is 0 Å². The van der Waals surface area contributed by atoms with Gasteiger partial charge in [0, 0.05) is 23.3 Å². The molecule has 0 spiro atoms. The highest BCUT2D eigenvalue weighted by atomic mass is 35.5. The van der Waals surface area contributed by atoms with Crippen molar-refractivity contribution in [1.29, 1.82) is 0 Å². The van der Waals surface area contributed by atoms with Gasteiger partial charge in [0.05, 0.1) is 37.1 Å². The van der Waals surface area contributed by atoms with Crippen molar-refractivity contribution in [2.75, 3.05) is 37.2 Å². The number of ether oxygens (including phenoxy) is 3. The smallest absolute Gasteiger partial charge is 0.291 e. The number of amides is 2. The number of benzene rings is 2. The Balaban J connectivity index is 1.84. The highest BCUT2D eigenvalue weighted by molar-refractivity contribution is 8.02. The maximum Gasteiger partial charge on any atom is 0.291 e. The van der Waals surface area contributed by atoms with Crippen molar-refractivity contribution in [1.82, 2.24) is 0 Å². The van der Waals surface area contributed by atoms with Crippen molar-refractivity contribution in [2.24, 2.45) is 0 Å². The number of methoxy groups -OCH3 is 2. The van der Waals surface area contributed by atoms with Gasteiger partial charge in [-0.2, -0.15) is 0 Å². The molecule has 0 aromatic heterocycles. The third kappa shape index (κ3) is 4.96. The summed E-state index contributed by atoms with van der Waals surface area (Å²) in [5, 5.41) is 7.37. The van der Waals surface area contributed by atoms with E-state index in [1.165, 1.54) is 26.0 Å². The lowest BCUT2D eigenvalue weighted by Gasteiger charge is -2.17. The van der Waals surface area contributed by atoms with Crippen LogP contribution in [0, 0.1) is 0 Å². The van der Waals surface area contributed by atoms with Gasteiger partial charge in [0.2, 0.25) is 0 Å². The Bertz CT molecular complexity index is 964. The Kier molecular flexibility index (Phi) is 6.90. The van der Waals surface area contributed by atoms with Crippen molar-refractivity contribution in [3.63, 3.8) is 0 Å². The van der Waals surface area contributed by atoms with Gasteiger partial charge in [-0.25, -0.2) is 0 Å². The van der Waals surface area contributed by atoms with Gasteiger partial charge in [0.1, 0.15) is 17.2 Å². The zero-order valence-corrected chi connectivity index (χ0v) is 17.4. The predicted molar refractivity (Wildman–Crippen MR) is 114 cm³/mol. The average molecular weight is 435 g/mol. The number of carbonyl (C=O) groups is 2. The molecule has 1 heterocycles. The Labute approximate surface area is 177 Å². The quantitative estimate of drug-likeness (QED) is 0.710. The number of thioether (sulfide) groups is 1. The van der Waals surface area contributed by atoms with Crippen LogP contribution in [0.2, 0.25) is 5.02 Å². The molecule has 1 aliphatic rings. The van der Waals surface area contributed by atoms with Gasteiger partial charge in [-0.3, -0.25) is 9.59 Å². The van der Waals surface area contributed by atoms with E-state index in [9.17, 15) is 9.59 Å². The zero-order chi connectivity index (χ0) is 20.8. The van der Waals surface area contributed by atoms with Gasteiger partial charge >= 0.3 is 0 Å². The minimum Gasteiger partial charge on any atom is -0.497 e. The molecule has 1 aliphatic heterocycles. The summed E-state index contributed by atoms with van der Waals surface area (Å²) >= 11 is 7.78. The molecular formula is C20H19ClN2O5S. The molecule has 2 amide bonds. The van der Waals surface area contributed by atoms with E-state index in [-0.39, 0.29) is 16.3 Å². The van der Waals surface area contributed by atoms with Crippen LogP contribution >= 0.6 is 23.4 Å². The topological polar surface area (TPSA) is 85.9 Å². The maximum atomic E-state index is 12.9. The van der Waals surface area contributed by atoms with E-state index in [0.717, 1.165) is 5.75 Å². The second kappa shape index (κ2) is 9.58. The summed E-state index contributed by atoms with van der Waals surface area (Å²) in [6.07, 6.45) is 0. The SMILES string of the molecule is COc1cc(Cl)c(NC(=O)c2ccccc2NC(=O)C2=CSCCO2)c(OC)c1. The van der Waals surface area contributed by atoms with E-state index < -0.39 is 11.8 Å². The Morgan fingerprint density at radius 3 is 2.59 bits per heavy atom. The molecule has 2 aromatic carbocycles. The Morgan fingerprint density at radius 1 is 1.10 bits per heavy atom. The van der Waals surface area contributed by atoms with Crippen molar-refractivity contribution in [2.45, 2.75) is 0 Å². The summed E-state index contributed by atoms with van der Waals surface area (Å²) < 4.78 is 15.8. The molecule has 29 heavy (non-hydrogen) atoms. The molecule has 0 atom stereocenters. The number of nitrogens with one attached hydrogen (secondary N) is 2. The number of hydrogen-bond acceptors (Lipinski definition) is 6. The van der Waals surface area contributed by atoms with E-state index in [2.05, 4.69) is 10.6 Å². The largest absolute Gasteiger partial charge is 0.497 e. The minimum atomic E-state index is -0.459. The fourth-order valence-electron chi connectivity index (χ4n) is 2.60. The molecule has 152 valence electrons. The average Bonchev–Trinajstić information content (AvgIpc) is 2.75. The molecule has 0 bridgehead atoms. The molecule has 0 saturated heterocycles. The van der Waals surface area contributed by atoms with Crippen molar-refractivity contribution in [3.05, 3.63) is 58.2 Å². The minimum absolute atomic E-state index is 0.219. The molecule has 9 heteroatoms. The molecule has 2 N–H and O–H groups in total. The predicted octanol–water partition coefficient (Wildman–Crippen LogP) is 4.15. The van der Waals surface area contributed by atoms with Crippen molar-refractivity contribution in [3.8, 4) is 11.5 Å². The van der Waals surface area contributed by atoms with E-state index in [0.29, 0.717) is 29.5 Å². The van der Waals surface area contributed by atoms with Crippen LogP contribution in [0.15, 0.2) is 47.6 Å². The first kappa shape index (κ1) is 20.9. The molecule has 3 rings (SSSR count). The maximum absolute atomic E-state index is 12.9. The molecule has 0 radical (unpaired) electrons. The standard InChI is InChI=1S/C20H19ClN2O5S/c1-26-12-9-14(21)18(16(10-12)27-2)23-19(24)13-5-3-4-6-15(13)22-20(25)17-11-29-8-7-28-17/h3-6,9-11H,7-8H2,1-2H3,(H,22,25)(H,23,24). The van der Waals surface area contributed by atoms with Gasteiger partial charge in [0.15, 0.2) is 5.76 Å². The van der Waals surface area contributed by atoms with E-state index in [1.54, 1.807) is 41.8 Å². The lowest BCUT2D eigenvalue weighted by atomic mass is 10.1. The molecule has 7 nitrogen and oxygen atoms in total. The van der Waals surface area contributed by atoms with Crippen LogP contribution < -0.4 is 20.1 Å². The third-order valence-electron chi connectivity index (χ3n) is 4.01. The second-order valence-electron chi connectivity index (χ2n) is 5.84. The van der Waals surface area contributed by atoms with Gasteiger partial charge in [0.25, 0.3) is 11.8 Å². The normalized spacial score (nSPS) is 13.0. The lowest BCUT2D eigenvalue weighted by molar-refractivity contribution is -0.116. The lowest BCUT2D eigenvalue weighted by Crippen LogP contribution is -2.22. The summed E-state index contributed by atoms with van der Waals surface area (Å²) in [5.41, 5.74) is 0.911. The monoisotopic (exact) mass is 434 g/mol. The highest BCUT2D eigenvalue weighted by Gasteiger charge is 2.20. The fraction of sp³-hybridized carbons (Fsp3) is 0.200. The summed E-state index contributed by atoms with van der Waals surface area (Å²) in [6.45, 7) is 0.460. The Morgan fingerprint density at radius 2 is 1.90 bits per heavy atom. The van der Waals surface area contributed by atoms with E-state index in [4.69, 9.17) is 25.8 Å². The van der Waals surface area contributed by atoms with Crippen LogP contribution in [0.5, 0.6) is 11.5 Å². The molecule has 0 unspecified atom stereocenters. The van der Waals surface area contributed by atoms with Gasteiger partial charge in [-0.1, -0.05) is 23.7 Å². The number of para-hydroxylation sites is 1. The first-order chi connectivity index (χ1) is 14.0. The zero-order valence-electron chi connectivity index (χ0n) is 15.8. The first-order valence-electron chi connectivity index (χ1n) is 8.61. The van der Waals surface area contributed by atoms with E-state index in [1.807, 2.05) is 0 Å². The second-order valence-corrected chi connectivity index (χ2v) is 7.23. The van der Waals surface area contributed by atoms with Crippen LogP contribution in [0.4, 0.5) is 11.4 Å². The van der Waals surface area contributed by atoms with Crippen molar-refractivity contribution >= 4 is 46.6 Å². The van der Waals surface area contributed by atoms with Crippen molar-refractivity contribution < 1.29 is 23.8 Å². The summed E-state index contributed by atoms with van der Waals surface area (Å²) in [5.74, 6) is 0.978. The molecule has 0 saturated carbocycles. The molecule has 2 aromatic rings. The number of rotatable bonds is 6. The number of halogens is 1. The molecule has 0 aliphatic carbocycles. The number of carbonyl (C=O) groups excluding carboxylic acids is 2. The summed E-state index contributed by atoms with van der Waals surface area (Å²) in [7, 11) is 2.97. The summed E-state index contributed by atoms with van der Waals surface area (Å²) in [6, 6.07) is 9.83. The first-order valence-corrected chi connectivity index (χ1v) is 10.0. The van der Waals surface area contributed by atoms with Gasteiger partial charge in [-0.05, 0) is 12.1 Å². The fourth-order valence-corrected chi connectivity index (χ4v) is 3.47. The third-order valence-corrected chi connectivity index (χ3v) is 5.10.